The van der Waals surface area contributed by atoms with Crippen LogP contribution in [0.25, 0.3) is 0 Å². The Morgan fingerprint density at radius 2 is 2.04 bits per heavy atom. The smallest absolute Gasteiger partial charge is 0.268 e. The minimum Gasteiger partial charge on any atom is -0.478 e. The van der Waals surface area contributed by atoms with E-state index in [4.69, 9.17) is 4.74 Å². The van der Waals surface area contributed by atoms with Crippen LogP contribution < -0.4 is 15.0 Å². The lowest BCUT2D eigenvalue weighted by atomic mass is 9.78. The zero-order valence-corrected chi connectivity index (χ0v) is 15.3. The van der Waals surface area contributed by atoms with Crippen LogP contribution in [0, 0.1) is 11.8 Å². The van der Waals surface area contributed by atoms with Crippen LogP contribution >= 0.6 is 0 Å². The monoisotopic (exact) mass is 344 g/mol. The number of nitrogens with one attached hydrogen (secondary N) is 1. The molecule has 1 aliphatic heterocycles. The number of fused-ring (bicyclic) bond motifs is 1. The van der Waals surface area contributed by atoms with E-state index in [1.165, 1.54) is 6.42 Å². The number of hydrogen-bond donors (Lipinski definition) is 1. The molecule has 1 saturated carbocycles. The Labute approximate surface area is 149 Å². The maximum absolute atomic E-state index is 12.7. The highest BCUT2D eigenvalue weighted by atomic mass is 16.5. The summed E-state index contributed by atoms with van der Waals surface area (Å²) >= 11 is 0. The van der Waals surface area contributed by atoms with Crippen molar-refractivity contribution < 1.29 is 14.3 Å². The number of para-hydroxylation sites is 2. The Kier molecular flexibility index (Phi) is 5.30. The van der Waals surface area contributed by atoms with Gasteiger partial charge < -0.3 is 10.1 Å². The highest BCUT2D eigenvalue weighted by Crippen LogP contribution is 2.34. The topological polar surface area (TPSA) is 58.6 Å². The molecule has 0 bridgehead atoms. The Morgan fingerprint density at radius 1 is 1.28 bits per heavy atom. The largest absolute Gasteiger partial charge is 0.478 e. The Morgan fingerprint density at radius 3 is 2.80 bits per heavy atom. The predicted octanol–water partition coefficient (Wildman–Crippen LogP) is 3.13. The molecule has 4 unspecified atom stereocenters. The summed E-state index contributed by atoms with van der Waals surface area (Å²) in [6, 6.07) is 7.62. The summed E-state index contributed by atoms with van der Waals surface area (Å²) in [5, 5.41) is 3.16. The molecule has 1 aliphatic carbocycles. The van der Waals surface area contributed by atoms with E-state index in [9.17, 15) is 9.59 Å². The van der Waals surface area contributed by atoms with Gasteiger partial charge in [-0.1, -0.05) is 45.7 Å². The van der Waals surface area contributed by atoms with E-state index in [1.54, 1.807) is 4.90 Å². The molecule has 4 atom stereocenters. The van der Waals surface area contributed by atoms with Crippen LogP contribution in [-0.4, -0.2) is 30.5 Å². The minimum atomic E-state index is -0.517. The number of carbonyl (C=O) groups is 2. The number of ether oxygens (including phenoxy) is 1. The van der Waals surface area contributed by atoms with Gasteiger partial charge in [0.25, 0.3) is 5.91 Å². The quantitative estimate of drug-likeness (QED) is 0.913. The number of rotatable bonds is 4. The van der Waals surface area contributed by atoms with Gasteiger partial charge in [-0.15, -0.1) is 0 Å². The van der Waals surface area contributed by atoms with Crippen molar-refractivity contribution in [2.24, 2.45) is 11.8 Å². The molecular weight excluding hydrogens is 316 g/mol. The van der Waals surface area contributed by atoms with Crippen molar-refractivity contribution in [3.05, 3.63) is 24.3 Å². The first-order chi connectivity index (χ1) is 12.0. The van der Waals surface area contributed by atoms with Crippen molar-refractivity contribution >= 4 is 17.5 Å². The fourth-order valence-corrected chi connectivity index (χ4v) is 3.88. The number of hydrogen-bond acceptors (Lipinski definition) is 3. The summed E-state index contributed by atoms with van der Waals surface area (Å²) in [7, 11) is 0. The van der Waals surface area contributed by atoms with E-state index in [0.717, 1.165) is 12.8 Å². The van der Waals surface area contributed by atoms with Gasteiger partial charge in [0.1, 0.15) is 12.3 Å². The first-order valence-corrected chi connectivity index (χ1v) is 9.37. The third kappa shape index (κ3) is 3.65. The van der Waals surface area contributed by atoms with E-state index in [0.29, 0.717) is 29.7 Å². The van der Waals surface area contributed by atoms with E-state index >= 15 is 0 Å². The molecule has 2 aliphatic rings. The number of amides is 2. The molecule has 5 heteroatoms. The standard InChI is InChI=1S/C20H28N2O3/c1-4-17-20(24)22(16-10-5-6-11-18(16)25-17)12-19(23)21-15-9-7-8-13(2)14(15)3/h5-6,10-11,13-15,17H,4,7-9,12H2,1-3H3,(H,21,23). The summed E-state index contributed by atoms with van der Waals surface area (Å²) in [5.74, 6) is 1.52. The van der Waals surface area contributed by atoms with Gasteiger partial charge >= 0.3 is 0 Å². The van der Waals surface area contributed by atoms with E-state index in [-0.39, 0.29) is 24.4 Å². The summed E-state index contributed by atoms with van der Waals surface area (Å²) in [4.78, 5) is 26.9. The van der Waals surface area contributed by atoms with Gasteiger partial charge in [0.2, 0.25) is 5.91 Å². The number of nitrogens with zero attached hydrogens (tertiary/aromatic N) is 1. The molecule has 3 rings (SSSR count). The Balaban J connectivity index is 1.72. The molecule has 136 valence electrons. The molecule has 0 aromatic heterocycles. The molecule has 1 aromatic carbocycles. The van der Waals surface area contributed by atoms with Gasteiger partial charge in [-0.3, -0.25) is 14.5 Å². The Bertz CT molecular complexity index is 646. The van der Waals surface area contributed by atoms with Crippen molar-refractivity contribution in [3.63, 3.8) is 0 Å². The molecule has 25 heavy (non-hydrogen) atoms. The first kappa shape index (κ1) is 17.8. The molecule has 0 spiro atoms. The predicted molar refractivity (Wildman–Crippen MR) is 97.6 cm³/mol. The van der Waals surface area contributed by atoms with Crippen molar-refractivity contribution in [2.75, 3.05) is 11.4 Å². The van der Waals surface area contributed by atoms with Gasteiger partial charge in [-0.05, 0) is 36.8 Å². The van der Waals surface area contributed by atoms with Crippen molar-refractivity contribution in [1.82, 2.24) is 5.32 Å². The molecule has 0 radical (unpaired) electrons. The minimum absolute atomic E-state index is 0.0489. The van der Waals surface area contributed by atoms with Crippen LogP contribution in [0.3, 0.4) is 0 Å². The van der Waals surface area contributed by atoms with Gasteiger partial charge in [0, 0.05) is 6.04 Å². The summed E-state index contributed by atoms with van der Waals surface area (Å²) in [6.45, 7) is 6.42. The summed E-state index contributed by atoms with van der Waals surface area (Å²) in [6.07, 6.45) is 3.45. The molecule has 5 nitrogen and oxygen atoms in total. The average molecular weight is 344 g/mol. The first-order valence-electron chi connectivity index (χ1n) is 9.37. The highest BCUT2D eigenvalue weighted by molar-refractivity contribution is 6.03. The van der Waals surface area contributed by atoms with Crippen molar-refractivity contribution in [2.45, 2.75) is 58.6 Å². The van der Waals surface area contributed by atoms with Gasteiger partial charge in [-0.25, -0.2) is 0 Å². The fourth-order valence-electron chi connectivity index (χ4n) is 3.88. The molecule has 1 aromatic rings. The van der Waals surface area contributed by atoms with E-state index in [2.05, 4.69) is 19.2 Å². The van der Waals surface area contributed by atoms with Crippen LogP contribution in [0.1, 0.15) is 46.5 Å². The van der Waals surface area contributed by atoms with Crippen molar-refractivity contribution in [1.29, 1.82) is 0 Å². The normalized spacial score (nSPS) is 28.9. The van der Waals surface area contributed by atoms with Gasteiger partial charge in [-0.2, -0.15) is 0 Å². The van der Waals surface area contributed by atoms with Gasteiger partial charge in [0.05, 0.1) is 5.69 Å². The number of carbonyl (C=O) groups excluding carboxylic acids is 2. The molecule has 1 fully saturated rings. The second-order valence-electron chi connectivity index (χ2n) is 7.35. The molecular formula is C20H28N2O3. The van der Waals surface area contributed by atoms with Crippen LogP contribution in [0.2, 0.25) is 0 Å². The second kappa shape index (κ2) is 7.46. The molecule has 1 N–H and O–H groups in total. The summed E-state index contributed by atoms with van der Waals surface area (Å²) < 4.78 is 5.76. The lowest BCUT2D eigenvalue weighted by Gasteiger charge is -2.36. The van der Waals surface area contributed by atoms with Gasteiger partial charge in [0.15, 0.2) is 6.10 Å². The van der Waals surface area contributed by atoms with Crippen molar-refractivity contribution in [3.8, 4) is 5.75 Å². The summed E-state index contributed by atoms with van der Waals surface area (Å²) in [5.41, 5.74) is 0.678. The lowest BCUT2D eigenvalue weighted by Crippen LogP contribution is -2.52. The maximum Gasteiger partial charge on any atom is 0.268 e. The zero-order chi connectivity index (χ0) is 18.0. The maximum atomic E-state index is 12.7. The zero-order valence-electron chi connectivity index (χ0n) is 15.3. The number of benzene rings is 1. The van der Waals surface area contributed by atoms with Crippen LogP contribution in [-0.2, 0) is 9.59 Å². The van der Waals surface area contributed by atoms with Crippen LogP contribution in [0.5, 0.6) is 5.75 Å². The van der Waals surface area contributed by atoms with E-state index < -0.39 is 6.10 Å². The fraction of sp³-hybridized carbons (Fsp3) is 0.600. The number of anilines is 1. The SMILES string of the molecule is CCC1Oc2ccccc2N(CC(=O)NC2CCCC(C)C2C)C1=O. The lowest BCUT2D eigenvalue weighted by molar-refractivity contribution is -0.129. The third-order valence-corrected chi connectivity index (χ3v) is 5.69. The molecule has 1 heterocycles. The van der Waals surface area contributed by atoms with Crippen LogP contribution in [0.4, 0.5) is 5.69 Å². The Hall–Kier alpha value is -2.04. The van der Waals surface area contributed by atoms with Crippen LogP contribution in [0.15, 0.2) is 24.3 Å². The highest BCUT2D eigenvalue weighted by Gasteiger charge is 2.35. The molecule has 0 saturated heterocycles. The third-order valence-electron chi connectivity index (χ3n) is 5.69. The van der Waals surface area contributed by atoms with E-state index in [1.807, 2.05) is 31.2 Å². The average Bonchev–Trinajstić information content (AvgIpc) is 2.61. The molecule has 2 amide bonds. The second-order valence-corrected chi connectivity index (χ2v) is 7.35.